The molecular formula is C20H16N2O5S. The van der Waals surface area contributed by atoms with E-state index in [-0.39, 0.29) is 28.6 Å². The molecule has 0 aliphatic carbocycles. The van der Waals surface area contributed by atoms with E-state index in [4.69, 9.17) is 16.6 Å². The summed E-state index contributed by atoms with van der Waals surface area (Å²) in [6, 6.07) is 8.12. The van der Waals surface area contributed by atoms with Crippen LogP contribution in [0.5, 0.6) is 0 Å². The van der Waals surface area contributed by atoms with E-state index < -0.39 is 17.8 Å². The van der Waals surface area contributed by atoms with Gasteiger partial charge < -0.3 is 9.52 Å². The molecule has 1 aromatic heterocycles. The highest BCUT2D eigenvalue weighted by Crippen LogP contribution is 2.28. The van der Waals surface area contributed by atoms with Gasteiger partial charge in [0.25, 0.3) is 11.8 Å². The summed E-state index contributed by atoms with van der Waals surface area (Å²) in [5, 5.41) is 11.7. The second-order valence-corrected chi connectivity index (χ2v) is 6.39. The van der Waals surface area contributed by atoms with E-state index in [1.54, 1.807) is 31.2 Å². The van der Waals surface area contributed by atoms with Crippen molar-refractivity contribution in [3.05, 3.63) is 65.4 Å². The Hall–Kier alpha value is -3.52. The average molecular weight is 396 g/mol. The predicted molar refractivity (Wildman–Crippen MR) is 106 cm³/mol. The summed E-state index contributed by atoms with van der Waals surface area (Å²) in [4.78, 5) is 37.3. The standard InChI is InChI=1S/C20H16N2O5S/c1-3-9-22-18(24)15(17(23)21-20(22)28)10-12-7-8-16(27-12)13-5-4-6-14(11(13)2)19(25)26/h3-8,10H,1,9H2,2H3,(H,25,26)(H,21,23,28)/b15-10+. The van der Waals surface area contributed by atoms with Crippen molar-refractivity contribution >= 4 is 41.2 Å². The zero-order valence-corrected chi connectivity index (χ0v) is 15.7. The number of carboxylic acids is 1. The van der Waals surface area contributed by atoms with Crippen molar-refractivity contribution in [2.45, 2.75) is 6.92 Å². The van der Waals surface area contributed by atoms with Gasteiger partial charge in [-0.25, -0.2) is 4.79 Å². The molecule has 28 heavy (non-hydrogen) atoms. The van der Waals surface area contributed by atoms with Gasteiger partial charge in [-0.1, -0.05) is 18.2 Å². The Bertz CT molecular complexity index is 1050. The SMILES string of the molecule is C=CCN1C(=O)/C(=C/c2ccc(-c3cccc(C(=O)O)c3C)o2)C(=O)NC1=S. The van der Waals surface area contributed by atoms with Crippen molar-refractivity contribution in [3.63, 3.8) is 0 Å². The number of carbonyl (C=O) groups is 3. The lowest BCUT2D eigenvalue weighted by Crippen LogP contribution is -2.53. The molecule has 2 N–H and O–H groups in total. The normalized spacial score (nSPS) is 15.7. The Kier molecular flexibility index (Phi) is 5.23. The first-order chi connectivity index (χ1) is 13.3. The number of hydrogen-bond acceptors (Lipinski definition) is 5. The fourth-order valence-electron chi connectivity index (χ4n) is 2.84. The molecule has 2 aromatic rings. The maximum atomic E-state index is 12.5. The lowest BCUT2D eigenvalue weighted by molar-refractivity contribution is -0.128. The number of nitrogens with zero attached hydrogens (tertiary/aromatic N) is 1. The monoisotopic (exact) mass is 396 g/mol. The van der Waals surface area contributed by atoms with Crippen LogP contribution in [0.4, 0.5) is 0 Å². The first-order valence-corrected chi connectivity index (χ1v) is 8.67. The van der Waals surface area contributed by atoms with Gasteiger partial charge in [-0.05, 0) is 49.0 Å². The molecule has 0 unspecified atom stereocenters. The minimum absolute atomic E-state index is 0.0216. The molecule has 0 saturated carbocycles. The van der Waals surface area contributed by atoms with Crippen LogP contribution in [0.2, 0.25) is 0 Å². The van der Waals surface area contributed by atoms with Crippen LogP contribution in [0.1, 0.15) is 21.7 Å². The second kappa shape index (κ2) is 7.61. The van der Waals surface area contributed by atoms with Gasteiger partial charge in [0.1, 0.15) is 17.1 Å². The summed E-state index contributed by atoms with van der Waals surface area (Å²) >= 11 is 5.01. The molecule has 1 saturated heterocycles. The van der Waals surface area contributed by atoms with Crippen LogP contribution in [0.25, 0.3) is 17.4 Å². The predicted octanol–water partition coefficient (Wildman–Crippen LogP) is 2.77. The first kappa shape index (κ1) is 19.2. The molecule has 1 fully saturated rings. The number of aromatic carboxylic acids is 1. The molecule has 0 spiro atoms. The van der Waals surface area contributed by atoms with Crippen LogP contribution in [0.15, 0.2) is 53.0 Å². The summed E-state index contributed by atoms with van der Waals surface area (Å²) in [7, 11) is 0. The quantitative estimate of drug-likeness (QED) is 0.349. The highest BCUT2D eigenvalue weighted by molar-refractivity contribution is 7.80. The van der Waals surface area contributed by atoms with Crippen molar-refractivity contribution in [3.8, 4) is 11.3 Å². The maximum Gasteiger partial charge on any atom is 0.335 e. The van der Waals surface area contributed by atoms with Gasteiger partial charge in [-0.2, -0.15) is 0 Å². The Morgan fingerprint density at radius 1 is 1.32 bits per heavy atom. The molecule has 1 aliphatic heterocycles. The number of amides is 2. The van der Waals surface area contributed by atoms with Crippen LogP contribution in [-0.2, 0) is 9.59 Å². The van der Waals surface area contributed by atoms with Gasteiger partial charge in [0.05, 0.1) is 5.56 Å². The van der Waals surface area contributed by atoms with Gasteiger partial charge in [0.15, 0.2) is 5.11 Å². The van der Waals surface area contributed by atoms with Crippen LogP contribution in [-0.4, -0.2) is 39.4 Å². The summed E-state index contributed by atoms with van der Waals surface area (Å²) in [5.41, 5.74) is 1.22. The van der Waals surface area contributed by atoms with Gasteiger partial charge in [-0.3, -0.25) is 19.8 Å². The summed E-state index contributed by atoms with van der Waals surface area (Å²) in [5.74, 6) is -1.49. The third kappa shape index (κ3) is 3.49. The molecule has 0 atom stereocenters. The zero-order chi connectivity index (χ0) is 20.4. The molecule has 2 heterocycles. The van der Waals surface area contributed by atoms with E-state index in [0.29, 0.717) is 16.9 Å². The number of hydrogen-bond donors (Lipinski definition) is 2. The third-order valence-corrected chi connectivity index (χ3v) is 4.56. The molecule has 142 valence electrons. The number of rotatable bonds is 5. The van der Waals surface area contributed by atoms with Crippen LogP contribution in [0.3, 0.4) is 0 Å². The van der Waals surface area contributed by atoms with E-state index in [1.165, 1.54) is 23.1 Å². The lowest BCUT2D eigenvalue weighted by atomic mass is 10.0. The summed E-state index contributed by atoms with van der Waals surface area (Å²) in [6.07, 6.45) is 2.83. The number of furan rings is 1. The topological polar surface area (TPSA) is 99.8 Å². The van der Waals surface area contributed by atoms with E-state index in [2.05, 4.69) is 11.9 Å². The zero-order valence-electron chi connectivity index (χ0n) is 14.9. The Morgan fingerprint density at radius 2 is 2.07 bits per heavy atom. The van der Waals surface area contributed by atoms with Crippen molar-refractivity contribution in [2.75, 3.05) is 6.54 Å². The fraction of sp³-hybridized carbons (Fsp3) is 0.100. The smallest absolute Gasteiger partial charge is 0.335 e. The number of thiocarbonyl (C=S) groups is 1. The molecule has 3 rings (SSSR count). The van der Waals surface area contributed by atoms with Crippen LogP contribution in [0, 0.1) is 6.92 Å². The van der Waals surface area contributed by atoms with Crippen LogP contribution >= 0.6 is 12.2 Å². The van der Waals surface area contributed by atoms with E-state index in [9.17, 15) is 19.5 Å². The van der Waals surface area contributed by atoms with Crippen molar-refractivity contribution in [1.29, 1.82) is 0 Å². The fourth-order valence-corrected chi connectivity index (χ4v) is 3.09. The molecule has 7 nitrogen and oxygen atoms in total. The Morgan fingerprint density at radius 3 is 2.75 bits per heavy atom. The highest BCUT2D eigenvalue weighted by Gasteiger charge is 2.32. The van der Waals surface area contributed by atoms with Gasteiger partial charge >= 0.3 is 5.97 Å². The molecule has 8 heteroatoms. The number of benzene rings is 1. The molecule has 0 bridgehead atoms. The largest absolute Gasteiger partial charge is 0.478 e. The molecule has 1 aliphatic rings. The van der Waals surface area contributed by atoms with E-state index in [0.717, 1.165) is 0 Å². The van der Waals surface area contributed by atoms with Crippen molar-refractivity contribution in [1.82, 2.24) is 10.2 Å². The van der Waals surface area contributed by atoms with Gasteiger partial charge in [-0.15, -0.1) is 6.58 Å². The average Bonchev–Trinajstić information content (AvgIpc) is 3.10. The lowest BCUT2D eigenvalue weighted by Gasteiger charge is -2.27. The van der Waals surface area contributed by atoms with E-state index >= 15 is 0 Å². The molecule has 2 amide bonds. The van der Waals surface area contributed by atoms with Crippen molar-refractivity contribution < 1.29 is 23.9 Å². The molecule has 1 aromatic carbocycles. The van der Waals surface area contributed by atoms with Gasteiger partial charge in [0, 0.05) is 12.1 Å². The van der Waals surface area contributed by atoms with Crippen molar-refractivity contribution in [2.24, 2.45) is 0 Å². The van der Waals surface area contributed by atoms with Gasteiger partial charge in [0.2, 0.25) is 0 Å². The van der Waals surface area contributed by atoms with Crippen LogP contribution < -0.4 is 5.32 Å². The number of nitrogens with one attached hydrogen (secondary N) is 1. The first-order valence-electron chi connectivity index (χ1n) is 8.26. The minimum atomic E-state index is -1.03. The Labute approximate surface area is 165 Å². The minimum Gasteiger partial charge on any atom is -0.478 e. The summed E-state index contributed by atoms with van der Waals surface area (Å²) < 4.78 is 5.73. The number of carboxylic acid groups (broad SMARTS) is 1. The summed E-state index contributed by atoms with van der Waals surface area (Å²) in [6.45, 7) is 5.42. The van der Waals surface area contributed by atoms with E-state index in [1.807, 2.05) is 0 Å². The molecular weight excluding hydrogens is 380 g/mol. The maximum absolute atomic E-state index is 12.5. The third-order valence-electron chi connectivity index (χ3n) is 4.24. The highest BCUT2D eigenvalue weighted by atomic mass is 32.1. The number of carbonyl (C=O) groups excluding carboxylic acids is 2. The molecule has 0 radical (unpaired) electrons. The Balaban J connectivity index is 1.96. The second-order valence-electron chi connectivity index (χ2n) is 6.01.